The molecule has 1 heterocycles. The molecule has 24 heavy (non-hydrogen) atoms. The third kappa shape index (κ3) is 5.73. The monoisotopic (exact) mass is 378 g/mol. The fraction of sp³-hybridized carbons (Fsp3) is 0.500. The molecular formula is C14H19ClN2O6S. The Hall–Kier alpha value is -1.71. The van der Waals surface area contributed by atoms with E-state index in [1.54, 1.807) is 43.7 Å². The number of carbonyl (C=O) groups excluding carboxylic acids is 1. The van der Waals surface area contributed by atoms with Crippen molar-refractivity contribution in [2.24, 2.45) is 0 Å². The van der Waals surface area contributed by atoms with Crippen LogP contribution in [0.25, 0.3) is 0 Å². The molecule has 1 amide bonds. The fourth-order valence-corrected chi connectivity index (χ4v) is 2.74. The molecule has 8 nitrogen and oxygen atoms in total. The Morgan fingerprint density at radius 3 is 2.75 bits per heavy atom. The molecule has 1 atom stereocenters. The first-order valence-corrected chi connectivity index (χ1v) is 8.99. The highest BCUT2D eigenvalue weighted by Crippen LogP contribution is 2.33. The average Bonchev–Trinajstić information content (AvgIpc) is 2.42. The quantitative estimate of drug-likeness (QED) is 0.828. The summed E-state index contributed by atoms with van der Waals surface area (Å²) in [6.45, 7) is 4.94. The average molecular weight is 379 g/mol. The maximum Gasteiger partial charge on any atom is 0.422 e. The van der Waals surface area contributed by atoms with Crippen LogP contribution in [0.3, 0.4) is 0 Å². The molecule has 0 bridgehead atoms. The lowest BCUT2D eigenvalue weighted by molar-refractivity contribution is 0.0568. The number of nitrogens with one attached hydrogen (secondary N) is 2. The second-order valence-electron chi connectivity index (χ2n) is 6.10. The van der Waals surface area contributed by atoms with E-state index in [0.717, 1.165) is 0 Å². The third-order valence-electron chi connectivity index (χ3n) is 2.74. The van der Waals surface area contributed by atoms with Crippen LogP contribution < -0.4 is 18.9 Å². The zero-order chi connectivity index (χ0) is 18.0. The van der Waals surface area contributed by atoms with Crippen molar-refractivity contribution in [1.29, 1.82) is 0 Å². The molecule has 134 valence electrons. The van der Waals surface area contributed by atoms with Gasteiger partial charge in [-0.2, -0.15) is 13.1 Å². The molecule has 0 saturated carbocycles. The van der Waals surface area contributed by atoms with Crippen molar-refractivity contribution in [3.8, 4) is 11.5 Å². The summed E-state index contributed by atoms with van der Waals surface area (Å²) >= 11 is 5.85. The molecule has 2 rings (SSSR count). The third-order valence-corrected chi connectivity index (χ3v) is 3.96. The highest BCUT2D eigenvalue weighted by molar-refractivity contribution is 7.88. The van der Waals surface area contributed by atoms with Gasteiger partial charge in [-0.1, -0.05) is 11.6 Å². The van der Waals surface area contributed by atoms with Crippen molar-refractivity contribution >= 4 is 27.9 Å². The van der Waals surface area contributed by atoms with E-state index in [1.807, 2.05) is 0 Å². The summed E-state index contributed by atoms with van der Waals surface area (Å²) in [6.07, 6.45) is -1.61. The van der Waals surface area contributed by atoms with Crippen LogP contribution in [0.4, 0.5) is 4.79 Å². The Balaban J connectivity index is 1.87. The van der Waals surface area contributed by atoms with Gasteiger partial charge in [0.1, 0.15) is 18.3 Å². The summed E-state index contributed by atoms with van der Waals surface area (Å²) in [4.78, 5) is 11.5. The molecule has 1 aromatic carbocycles. The van der Waals surface area contributed by atoms with Gasteiger partial charge in [0.05, 0.1) is 6.54 Å². The van der Waals surface area contributed by atoms with Gasteiger partial charge in [-0.25, -0.2) is 9.52 Å². The molecule has 1 aromatic rings. The lowest BCUT2D eigenvalue weighted by Gasteiger charge is -2.26. The van der Waals surface area contributed by atoms with E-state index in [2.05, 4.69) is 4.72 Å². The summed E-state index contributed by atoms with van der Waals surface area (Å²) in [6, 6.07) is 4.89. The Kier molecular flexibility index (Phi) is 5.46. The highest BCUT2D eigenvalue weighted by Gasteiger charge is 2.25. The van der Waals surface area contributed by atoms with Gasteiger partial charge in [-0.3, -0.25) is 0 Å². The van der Waals surface area contributed by atoms with Crippen molar-refractivity contribution in [3.63, 3.8) is 0 Å². The van der Waals surface area contributed by atoms with E-state index in [0.29, 0.717) is 16.5 Å². The van der Waals surface area contributed by atoms with Crippen molar-refractivity contribution in [2.75, 3.05) is 13.2 Å². The zero-order valence-electron chi connectivity index (χ0n) is 13.5. The fourth-order valence-electron chi connectivity index (χ4n) is 1.84. The van der Waals surface area contributed by atoms with Gasteiger partial charge in [0.25, 0.3) is 0 Å². The molecule has 10 heteroatoms. The predicted molar refractivity (Wildman–Crippen MR) is 87.7 cm³/mol. The predicted octanol–water partition coefficient (Wildman–Crippen LogP) is 1.84. The van der Waals surface area contributed by atoms with Crippen LogP contribution in [0.1, 0.15) is 20.8 Å². The molecule has 0 fully saturated rings. The summed E-state index contributed by atoms with van der Waals surface area (Å²) in [7, 11) is -4.07. The minimum atomic E-state index is -4.07. The normalized spacial score (nSPS) is 17.2. The Bertz CT molecular complexity index is 716. The number of ether oxygens (including phenoxy) is 3. The SMILES string of the molecule is CC(C)(C)OC(=O)NS(=O)(=O)NCC1COc2cc(Cl)ccc2O1. The Morgan fingerprint density at radius 1 is 1.38 bits per heavy atom. The van der Waals surface area contributed by atoms with Crippen LogP contribution in [-0.4, -0.2) is 39.4 Å². The van der Waals surface area contributed by atoms with E-state index in [4.69, 9.17) is 25.8 Å². The molecular weight excluding hydrogens is 360 g/mol. The second-order valence-corrected chi connectivity index (χ2v) is 8.03. The van der Waals surface area contributed by atoms with Crippen molar-refractivity contribution in [1.82, 2.24) is 9.44 Å². The van der Waals surface area contributed by atoms with Crippen molar-refractivity contribution < 1.29 is 27.4 Å². The molecule has 0 radical (unpaired) electrons. The van der Waals surface area contributed by atoms with Gasteiger partial charge in [-0.05, 0) is 32.9 Å². The number of carbonyl (C=O) groups is 1. The Morgan fingerprint density at radius 2 is 2.08 bits per heavy atom. The summed E-state index contributed by atoms with van der Waals surface area (Å²) in [5.41, 5.74) is -0.801. The van der Waals surface area contributed by atoms with E-state index in [-0.39, 0.29) is 13.2 Å². The first-order valence-electron chi connectivity index (χ1n) is 7.13. The molecule has 0 spiro atoms. The van der Waals surface area contributed by atoms with Gasteiger partial charge in [0, 0.05) is 11.1 Å². The summed E-state index contributed by atoms with van der Waals surface area (Å²) in [5, 5.41) is 0.512. The van der Waals surface area contributed by atoms with E-state index in [1.165, 1.54) is 0 Å². The lowest BCUT2D eigenvalue weighted by Crippen LogP contribution is -2.47. The van der Waals surface area contributed by atoms with E-state index in [9.17, 15) is 13.2 Å². The maximum atomic E-state index is 11.8. The minimum Gasteiger partial charge on any atom is -0.486 e. The van der Waals surface area contributed by atoms with E-state index >= 15 is 0 Å². The van der Waals surface area contributed by atoms with Crippen molar-refractivity contribution in [3.05, 3.63) is 23.2 Å². The first-order chi connectivity index (χ1) is 11.0. The molecule has 0 aliphatic carbocycles. The number of benzene rings is 1. The van der Waals surface area contributed by atoms with Crippen molar-refractivity contribution in [2.45, 2.75) is 32.5 Å². The molecule has 0 saturated heterocycles. The smallest absolute Gasteiger partial charge is 0.422 e. The zero-order valence-corrected chi connectivity index (χ0v) is 15.0. The van der Waals surface area contributed by atoms with Crippen LogP contribution in [-0.2, 0) is 14.9 Å². The van der Waals surface area contributed by atoms with Crippen LogP contribution in [0.5, 0.6) is 11.5 Å². The molecule has 1 aliphatic rings. The van der Waals surface area contributed by atoms with Crippen LogP contribution in [0.15, 0.2) is 18.2 Å². The Labute approximate surface area is 145 Å². The molecule has 2 N–H and O–H groups in total. The molecule has 1 unspecified atom stereocenters. The first kappa shape index (κ1) is 18.6. The number of amides is 1. The number of hydrogen-bond acceptors (Lipinski definition) is 6. The van der Waals surface area contributed by atoms with E-state index < -0.39 is 28.0 Å². The van der Waals surface area contributed by atoms with Crippen LogP contribution in [0, 0.1) is 0 Å². The molecule has 0 aromatic heterocycles. The topological polar surface area (TPSA) is 103 Å². The maximum absolute atomic E-state index is 11.8. The molecule has 1 aliphatic heterocycles. The number of fused-ring (bicyclic) bond motifs is 1. The van der Waals surface area contributed by atoms with Gasteiger partial charge < -0.3 is 14.2 Å². The van der Waals surface area contributed by atoms with Gasteiger partial charge in [0.15, 0.2) is 11.5 Å². The highest BCUT2D eigenvalue weighted by atomic mass is 35.5. The van der Waals surface area contributed by atoms with Crippen LogP contribution >= 0.6 is 11.6 Å². The second kappa shape index (κ2) is 7.04. The largest absolute Gasteiger partial charge is 0.486 e. The number of rotatable bonds is 4. The van der Waals surface area contributed by atoms with Gasteiger partial charge in [0.2, 0.25) is 0 Å². The number of hydrogen-bond donors (Lipinski definition) is 2. The standard InChI is InChI=1S/C14H19ClN2O6S/c1-14(2,3)23-13(18)17-24(19,20)16-7-10-8-21-12-6-9(15)4-5-11(12)22-10/h4-6,10,16H,7-8H2,1-3H3,(H,17,18). The lowest BCUT2D eigenvalue weighted by atomic mass is 10.2. The minimum absolute atomic E-state index is 0.0831. The number of halogens is 1. The van der Waals surface area contributed by atoms with Gasteiger partial charge in [-0.15, -0.1) is 0 Å². The van der Waals surface area contributed by atoms with Gasteiger partial charge >= 0.3 is 16.3 Å². The summed E-state index contributed by atoms with van der Waals surface area (Å²) in [5.74, 6) is 0.962. The summed E-state index contributed by atoms with van der Waals surface area (Å²) < 4.78 is 43.6. The van der Waals surface area contributed by atoms with Crippen LogP contribution in [0.2, 0.25) is 5.02 Å².